The highest BCUT2D eigenvalue weighted by molar-refractivity contribution is 5.95. The van der Waals surface area contributed by atoms with E-state index in [-0.39, 0.29) is 6.04 Å². The number of fused-ring (bicyclic) bond motifs is 1. The first-order chi connectivity index (χ1) is 9.25. The van der Waals surface area contributed by atoms with Crippen LogP contribution in [0.2, 0.25) is 0 Å². The van der Waals surface area contributed by atoms with Crippen LogP contribution in [0.3, 0.4) is 0 Å². The Hall–Kier alpha value is -2.56. The summed E-state index contributed by atoms with van der Waals surface area (Å²) in [5.74, 6) is 0. The quantitative estimate of drug-likeness (QED) is 0.702. The van der Waals surface area contributed by atoms with Crippen molar-refractivity contribution in [2.75, 3.05) is 11.1 Å². The highest BCUT2D eigenvalue weighted by Gasteiger charge is 2.12. The topological polar surface area (TPSA) is 77.0 Å². The molecule has 0 fully saturated rings. The summed E-state index contributed by atoms with van der Waals surface area (Å²) in [7, 11) is 0. The van der Waals surface area contributed by atoms with E-state index in [1.165, 1.54) is 5.56 Å². The van der Waals surface area contributed by atoms with Gasteiger partial charge in [0.2, 0.25) is 0 Å². The fraction of sp³-hybridized carbons (Fsp3) is 0.143. The van der Waals surface area contributed by atoms with E-state index < -0.39 is 0 Å². The van der Waals surface area contributed by atoms with Gasteiger partial charge in [-0.1, -0.05) is 30.3 Å². The number of benzene rings is 2. The molecule has 1 heterocycles. The Bertz CT molecular complexity index is 693. The summed E-state index contributed by atoms with van der Waals surface area (Å²) in [5.41, 5.74) is 9.69. The smallest absolute Gasteiger partial charge is 0.160 e. The maximum absolute atomic E-state index is 5.82. The number of nitrogens with zero attached hydrogens (tertiary/aromatic N) is 2. The second-order valence-electron chi connectivity index (χ2n) is 4.44. The second-order valence-corrected chi connectivity index (χ2v) is 4.44. The Balaban J connectivity index is 1.94. The van der Waals surface area contributed by atoms with Crippen LogP contribution in [0, 0.1) is 0 Å². The molecule has 0 aliphatic heterocycles. The maximum atomic E-state index is 5.82. The van der Waals surface area contributed by atoms with Crippen LogP contribution in [0.15, 0.2) is 47.1 Å². The predicted molar refractivity (Wildman–Crippen MR) is 74.7 cm³/mol. The summed E-state index contributed by atoms with van der Waals surface area (Å²) in [6.45, 7) is 2.09. The fourth-order valence-corrected chi connectivity index (χ4v) is 2.06. The maximum Gasteiger partial charge on any atom is 0.160 e. The van der Waals surface area contributed by atoms with Crippen LogP contribution in [0.4, 0.5) is 11.4 Å². The molecule has 0 radical (unpaired) electrons. The molecule has 1 unspecified atom stereocenters. The lowest BCUT2D eigenvalue weighted by atomic mass is 10.1. The highest BCUT2D eigenvalue weighted by Crippen LogP contribution is 2.28. The molecular formula is C14H14N4O. The van der Waals surface area contributed by atoms with E-state index >= 15 is 0 Å². The van der Waals surface area contributed by atoms with Gasteiger partial charge in [0.05, 0.1) is 11.4 Å². The number of nitrogens with one attached hydrogen (secondary N) is 1. The van der Waals surface area contributed by atoms with E-state index in [0.29, 0.717) is 16.7 Å². The molecule has 0 saturated carbocycles. The summed E-state index contributed by atoms with van der Waals surface area (Å²) in [6, 6.07) is 14.0. The minimum atomic E-state index is 0.157. The third kappa shape index (κ3) is 2.10. The van der Waals surface area contributed by atoms with Crippen molar-refractivity contribution in [2.45, 2.75) is 13.0 Å². The van der Waals surface area contributed by atoms with Crippen LogP contribution in [-0.2, 0) is 0 Å². The summed E-state index contributed by atoms with van der Waals surface area (Å²) in [5, 5.41) is 11.1. The van der Waals surface area contributed by atoms with Gasteiger partial charge in [0.25, 0.3) is 0 Å². The SMILES string of the molecule is CC(Nc1ccc(N)c2nonc12)c1ccccc1. The monoisotopic (exact) mass is 254 g/mol. The second kappa shape index (κ2) is 4.61. The lowest BCUT2D eigenvalue weighted by Crippen LogP contribution is -2.07. The Labute approximate surface area is 110 Å². The van der Waals surface area contributed by atoms with Gasteiger partial charge in [-0.2, -0.15) is 0 Å². The van der Waals surface area contributed by atoms with E-state index in [0.717, 1.165) is 5.69 Å². The average molecular weight is 254 g/mol. The lowest BCUT2D eigenvalue weighted by Gasteiger charge is -2.15. The summed E-state index contributed by atoms with van der Waals surface area (Å²) in [6.07, 6.45) is 0. The van der Waals surface area contributed by atoms with Gasteiger partial charge in [-0.15, -0.1) is 0 Å². The zero-order valence-corrected chi connectivity index (χ0v) is 10.5. The number of nitrogen functional groups attached to an aromatic ring is 1. The normalized spacial score (nSPS) is 12.5. The molecule has 3 rings (SSSR count). The van der Waals surface area contributed by atoms with Crippen molar-refractivity contribution in [1.82, 2.24) is 10.3 Å². The highest BCUT2D eigenvalue weighted by atomic mass is 16.6. The van der Waals surface area contributed by atoms with Gasteiger partial charge in [-0.25, -0.2) is 4.63 Å². The van der Waals surface area contributed by atoms with Crippen molar-refractivity contribution in [3.63, 3.8) is 0 Å². The van der Waals surface area contributed by atoms with E-state index in [9.17, 15) is 0 Å². The van der Waals surface area contributed by atoms with Gasteiger partial charge in [0.15, 0.2) is 11.0 Å². The van der Waals surface area contributed by atoms with Gasteiger partial charge >= 0.3 is 0 Å². The number of rotatable bonds is 3. The van der Waals surface area contributed by atoms with Crippen LogP contribution in [0.25, 0.3) is 11.0 Å². The number of nitrogens with two attached hydrogens (primary N) is 1. The molecule has 0 amide bonds. The Morgan fingerprint density at radius 1 is 1.05 bits per heavy atom. The summed E-state index contributed by atoms with van der Waals surface area (Å²) in [4.78, 5) is 0. The molecule has 0 saturated heterocycles. The third-order valence-electron chi connectivity index (χ3n) is 3.12. The van der Waals surface area contributed by atoms with Crippen molar-refractivity contribution in [3.05, 3.63) is 48.0 Å². The number of aromatic nitrogens is 2. The summed E-state index contributed by atoms with van der Waals surface area (Å²) < 4.78 is 4.75. The van der Waals surface area contributed by atoms with E-state index in [1.54, 1.807) is 6.07 Å². The molecular weight excluding hydrogens is 240 g/mol. The zero-order valence-electron chi connectivity index (χ0n) is 10.5. The first kappa shape index (κ1) is 11.5. The van der Waals surface area contributed by atoms with E-state index in [4.69, 9.17) is 10.4 Å². The van der Waals surface area contributed by atoms with Crippen molar-refractivity contribution < 1.29 is 4.63 Å². The minimum absolute atomic E-state index is 0.157. The largest absolute Gasteiger partial charge is 0.397 e. The molecule has 0 spiro atoms. The van der Waals surface area contributed by atoms with E-state index in [1.807, 2.05) is 24.3 Å². The van der Waals surface area contributed by atoms with Crippen molar-refractivity contribution >= 4 is 22.4 Å². The number of hydrogen-bond donors (Lipinski definition) is 2. The molecule has 5 heteroatoms. The Kier molecular flexibility index (Phi) is 2.79. The molecule has 0 aliphatic carbocycles. The third-order valence-corrected chi connectivity index (χ3v) is 3.12. The van der Waals surface area contributed by atoms with Crippen LogP contribution in [0.1, 0.15) is 18.5 Å². The molecule has 2 aromatic carbocycles. The van der Waals surface area contributed by atoms with Crippen LogP contribution < -0.4 is 11.1 Å². The molecule has 0 aliphatic rings. The van der Waals surface area contributed by atoms with Gasteiger partial charge < -0.3 is 11.1 Å². The lowest BCUT2D eigenvalue weighted by molar-refractivity contribution is 0.315. The molecule has 3 aromatic rings. The summed E-state index contributed by atoms with van der Waals surface area (Å²) >= 11 is 0. The Morgan fingerprint density at radius 3 is 2.58 bits per heavy atom. The van der Waals surface area contributed by atoms with Gasteiger partial charge in [-0.3, -0.25) is 0 Å². The fourth-order valence-electron chi connectivity index (χ4n) is 2.06. The first-order valence-electron chi connectivity index (χ1n) is 6.08. The van der Waals surface area contributed by atoms with Crippen molar-refractivity contribution in [3.8, 4) is 0 Å². The average Bonchev–Trinajstić information content (AvgIpc) is 2.93. The Morgan fingerprint density at radius 2 is 1.79 bits per heavy atom. The van der Waals surface area contributed by atoms with Crippen LogP contribution >= 0.6 is 0 Å². The van der Waals surface area contributed by atoms with Gasteiger partial charge in [-0.05, 0) is 34.9 Å². The van der Waals surface area contributed by atoms with Crippen molar-refractivity contribution in [1.29, 1.82) is 0 Å². The zero-order chi connectivity index (χ0) is 13.2. The predicted octanol–water partition coefficient (Wildman–Crippen LogP) is 2.98. The minimum Gasteiger partial charge on any atom is -0.397 e. The van der Waals surface area contributed by atoms with Gasteiger partial charge in [0.1, 0.15) is 0 Å². The van der Waals surface area contributed by atoms with E-state index in [2.05, 4.69) is 34.7 Å². The molecule has 1 aromatic heterocycles. The van der Waals surface area contributed by atoms with Crippen LogP contribution in [0.5, 0.6) is 0 Å². The standard InChI is InChI=1S/C14H14N4O/c1-9(10-5-3-2-4-6-10)16-12-8-7-11(15)13-14(12)18-19-17-13/h2-9,16H,15H2,1H3. The number of hydrogen-bond acceptors (Lipinski definition) is 5. The molecule has 96 valence electrons. The van der Waals surface area contributed by atoms with Crippen molar-refractivity contribution in [2.24, 2.45) is 0 Å². The molecule has 5 nitrogen and oxygen atoms in total. The first-order valence-corrected chi connectivity index (χ1v) is 6.08. The van der Waals surface area contributed by atoms with Gasteiger partial charge in [0, 0.05) is 6.04 Å². The molecule has 1 atom stereocenters. The molecule has 19 heavy (non-hydrogen) atoms. The molecule has 3 N–H and O–H groups in total. The van der Waals surface area contributed by atoms with Crippen LogP contribution in [-0.4, -0.2) is 10.3 Å². The molecule has 0 bridgehead atoms. The number of anilines is 2.